The molecule has 0 saturated carbocycles. The molecule has 0 unspecified atom stereocenters. The van der Waals surface area contributed by atoms with Gasteiger partial charge in [-0.2, -0.15) is 5.10 Å². The summed E-state index contributed by atoms with van der Waals surface area (Å²) in [6.07, 6.45) is 5.55. The van der Waals surface area contributed by atoms with E-state index < -0.39 is 0 Å². The van der Waals surface area contributed by atoms with Gasteiger partial charge in [0.1, 0.15) is 37.7 Å². The SMILES string of the molecule is O=C(Cn1cnnn1)Nc1cc(-n2cncn2)ncn1. The topological polar surface area (TPSA) is 129 Å². The Morgan fingerprint density at radius 2 is 2.20 bits per heavy atom. The molecule has 3 aromatic heterocycles. The number of anilines is 1. The van der Waals surface area contributed by atoms with Gasteiger partial charge in [0, 0.05) is 6.07 Å². The maximum atomic E-state index is 11.8. The Morgan fingerprint density at radius 1 is 1.25 bits per heavy atom. The van der Waals surface area contributed by atoms with Gasteiger partial charge in [0.25, 0.3) is 0 Å². The first-order chi connectivity index (χ1) is 9.81. The molecule has 1 amide bonds. The van der Waals surface area contributed by atoms with Gasteiger partial charge < -0.3 is 5.32 Å². The monoisotopic (exact) mass is 272 g/mol. The number of aromatic nitrogens is 9. The number of nitrogens with zero attached hydrogens (tertiary/aromatic N) is 9. The Morgan fingerprint density at radius 3 is 2.95 bits per heavy atom. The van der Waals surface area contributed by atoms with Gasteiger partial charge in [-0.25, -0.2) is 24.3 Å². The number of nitrogens with one attached hydrogen (secondary N) is 1. The number of tetrazole rings is 1. The molecule has 0 aliphatic rings. The van der Waals surface area contributed by atoms with Gasteiger partial charge in [0.2, 0.25) is 5.91 Å². The van der Waals surface area contributed by atoms with E-state index in [1.165, 1.54) is 34.7 Å². The zero-order valence-corrected chi connectivity index (χ0v) is 10.0. The summed E-state index contributed by atoms with van der Waals surface area (Å²) in [4.78, 5) is 23.6. The first-order valence-electron chi connectivity index (χ1n) is 5.49. The lowest BCUT2D eigenvalue weighted by atomic mass is 10.5. The summed E-state index contributed by atoms with van der Waals surface area (Å²) < 4.78 is 2.76. The highest BCUT2D eigenvalue weighted by atomic mass is 16.2. The van der Waals surface area contributed by atoms with Crippen molar-refractivity contribution in [2.24, 2.45) is 0 Å². The molecule has 3 rings (SSSR count). The minimum Gasteiger partial charge on any atom is -0.309 e. The number of carbonyl (C=O) groups excluding carboxylic acids is 1. The van der Waals surface area contributed by atoms with E-state index in [9.17, 15) is 4.79 Å². The third kappa shape index (κ3) is 2.60. The average molecular weight is 272 g/mol. The Kier molecular flexibility index (Phi) is 3.06. The van der Waals surface area contributed by atoms with Gasteiger partial charge in [-0.3, -0.25) is 4.79 Å². The molecule has 0 saturated heterocycles. The summed E-state index contributed by atoms with van der Waals surface area (Å²) in [6, 6.07) is 1.58. The van der Waals surface area contributed by atoms with Crippen LogP contribution in [-0.4, -0.2) is 50.8 Å². The summed E-state index contributed by atoms with van der Waals surface area (Å²) in [5, 5.41) is 17.0. The Bertz CT molecular complexity index is 691. The van der Waals surface area contributed by atoms with E-state index in [1.807, 2.05) is 0 Å². The van der Waals surface area contributed by atoms with Crippen molar-refractivity contribution in [1.29, 1.82) is 0 Å². The highest BCUT2D eigenvalue weighted by Gasteiger charge is 2.07. The molecule has 0 aliphatic carbocycles. The lowest BCUT2D eigenvalue weighted by molar-refractivity contribution is -0.116. The van der Waals surface area contributed by atoms with Crippen LogP contribution in [0.2, 0.25) is 0 Å². The number of amides is 1. The quantitative estimate of drug-likeness (QED) is 0.619. The molecule has 0 spiro atoms. The highest BCUT2D eigenvalue weighted by molar-refractivity contribution is 5.89. The van der Waals surface area contributed by atoms with Crippen LogP contribution in [-0.2, 0) is 11.3 Å². The molecule has 11 heteroatoms. The zero-order valence-electron chi connectivity index (χ0n) is 10.0. The standard InChI is InChI=1S/C9H8N10O/c20-9(2-18-6-13-16-17-18)15-7-1-8(12-4-11-7)19-5-10-3-14-19/h1,3-6H,2H2,(H,11,12,15,20). The summed E-state index contributed by atoms with van der Waals surface area (Å²) in [7, 11) is 0. The largest absolute Gasteiger partial charge is 0.309 e. The molecule has 3 heterocycles. The smallest absolute Gasteiger partial charge is 0.247 e. The second-order valence-corrected chi connectivity index (χ2v) is 3.66. The van der Waals surface area contributed by atoms with E-state index in [-0.39, 0.29) is 12.5 Å². The summed E-state index contributed by atoms with van der Waals surface area (Å²) >= 11 is 0. The molecule has 3 aromatic rings. The third-order valence-electron chi connectivity index (χ3n) is 2.27. The van der Waals surface area contributed by atoms with Crippen molar-refractivity contribution < 1.29 is 4.79 Å². The van der Waals surface area contributed by atoms with E-state index in [1.54, 1.807) is 6.07 Å². The fourth-order valence-corrected chi connectivity index (χ4v) is 1.45. The van der Waals surface area contributed by atoms with Crippen LogP contribution in [0.15, 0.2) is 31.4 Å². The van der Waals surface area contributed by atoms with Crippen LogP contribution < -0.4 is 5.32 Å². The summed E-state index contributed by atoms with van der Waals surface area (Å²) in [6.45, 7) is -0.00430. The van der Waals surface area contributed by atoms with Gasteiger partial charge >= 0.3 is 0 Å². The van der Waals surface area contributed by atoms with Crippen LogP contribution in [0.25, 0.3) is 5.82 Å². The number of carbonyl (C=O) groups is 1. The fraction of sp³-hybridized carbons (Fsp3) is 0.111. The van der Waals surface area contributed by atoms with E-state index in [0.29, 0.717) is 11.6 Å². The summed E-state index contributed by atoms with van der Waals surface area (Å²) in [5.41, 5.74) is 0. The van der Waals surface area contributed by atoms with Gasteiger partial charge in [-0.05, 0) is 10.4 Å². The predicted molar refractivity (Wildman–Crippen MR) is 63.4 cm³/mol. The van der Waals surface area contributed by atoms with Gasteiger partial charge in [0.05, 0.1) is 0 Å². The van der Waals surface area contributed by atoms with Crippen molar-refractivity contribution in [2.45, 2.75) is 6.54 Å². The maximum Gasteiger partial charge on any atom is 0.247 e. The minimum absolute atomic E-state index is 0.00430. The average Bonchev–Trinajstić information content (AvgIpc) is 3.11. The van der Waals surface area contributed by atoms with Crippen molar-refractivity contribution in [1.82, 2.24) is 44.9 Å². The Balaban J connectivity index is 1.71. The predicted octanol–water partition coefficient (Wildman–Crippen LogP) is -1.32. The number of hydrogen-bond acceptors (Lipinski definition) is 8. The molecule has 0 radical (unpaired) electrons. The third-order valence-corrected chi connectivity index (χ3v) is 2.27. The van der Waals surface area contributed by atoms with E-state index in [0.717, 1.165) is 0 Å². The molecule has 0 fully saturated rings. The number of rotatable bonds is 4. The Hall–Kier alpha value is -3.24. The molecule has 1 N–H and O–H groups in total. The van der Waals surface area contributed by atoms with Gasteiger partial charge in [-0.1, -0.05) is 0 Å². The molecule has 20 heavy (non-hydrogen) atoms. The van der Waals surface area contributed by atoms with Crippen LogP contribution in [0.4, 0.5) is 5.82 Å². The lowest BCUT2D eigenvalue weighted by Crippen LogP contribution is -2.20. The van der Waals surface area contributed by atoms with Gasteiger partial charge in [0.15, 0.2) is 5.82 Å². The molecule has 0 aromatic carbocycles. The summed E-state index contributed by atoms with van der Waals surface area (Å²) in [5.74, 6) is 0.541. The van der Waals surface area contributed by atoms with Crippen LogP contribution >= 0.6 is 0 Å². The maximum absolute atomic E-state index is 11.8. The minimum atomic E-state index is -0.305. The van der Waals surface area contributed by atoms with E-state index >= 15 is 0 Å². The molecule has 100 valence electrons. The van der Waals surface area contributed by atoms with Crippen LogP contribution in [0, 0.1) is 0 Å². The van der Waals surface area contributed by atoms with Crippen molar-refractivity contribution in [3.05, 3.63) is 31.4 Å². The molecule has 0 bridgehead atoms. The van der Waals surface area contributed by atoms with Crippen molar-refractivity contribution >= 4 is 11.7 Å². The second kappa shape index (κ2) is 5.17. The zero-order chi connectivity index (χ0) is 13.8. The van der Waals surface area contributed by atoms with Crippen molar-refractivity contribution in [3.8, 4) is 5.82 Å². The first kappa shape index (κ1) is 11.8. The van der Waals surface area contributed by atoms with Crippen LogP contribution in [0.3, 0.4) is 0 Å². The van der Waals surface area contributed by atoms with Crippen LogP contribution in [0.1, 0.15) is 0 Å². The van der Waals surface area contributed by atoms with Crippen LogP contribution in [0.5, 0.6) is 0 Å². The number of hydrogen-bond donors (Lipinski definition) is 1. The molecular weight excluding hydrogens is 264 g/mol. The molecule has 0 aliphatic heterocycles. The fourth-order valence-electron chi connectivity index (χ4n) is 1.45. The Labute approximate surface area is 111 Å². The van der Waals surface area contributed by atoms with E-state index in [2.05, 4.69) is 40.9 Å². The highest BCUT2D eigenvalue weighted by Crippen LogP contribution is 2.07. The van der Waals surface area contributed by atoms with Crippen molar-refractivity contribution in [3.63, 3.8) is 0 Å². The van der Waals surface area contributed by atoms with E-state index in [4.69, 9.17) is 0 Å². The van der Waals surface area contributed by atoms with Gasteiger partial charge in [-0.15, -0.1) is 5.10 Å². The first-order valence-corrected chi connectivity index (χ1v) is 5.49. The molecule has 11 nitrogen and oxygen atoms in total. The normalized spacial score (nSPS) is 10.4. The molecular formula is C9H8N10O. The van der Waals surface area contributed by atoms with Crippen molar-refractivity contribution in [2.75, 3.05) is 5.32 Å². The second-order valence-electron chi connectivity index (χ2n) is 3.66. The molecule has 0 atom stereocenters. The lowest BCUT2D eigenvalue weighted by Gasteiger charge is -2.05.